The van der Waals surface area contributed by atoms with Crippen LogP contribution in [0.3, 0.4) is 0 Å². The van der Waals surface area contributed by atoms with Crippen LogP contribution in [0.4, 0.5) is 0 Å². The van der Waals surface area contributed by atoms with E-state index in [2.05, 4.69) is 4.79 Å². The maximum atomic E-state index is 11.6. The number of carbonyl (C=O) groups excluding carboxylic acids is 2. The van der Waals surface area contributed by atoms with Gasteiger partial charge in [0.05, 0.1) is 6.42 Å². The van der Waals surface area contributed by atoms with Gasteiger partial charge in [-0.2, -0.15) is 4.79 Å². The van der Waals surface area contributed by atoms with Gasteiger partial charge in [-0.15, -0.1) is 0 Å². The lowest BCUT2D eigenvalue weighted by Crippen LogP contribution is -2.12. The summed E-state index contributed by atoms with van der Waals surface area (Å²) < 4.78 is 5.07. The van der Waals surface area contributed by atoms with Crippen LogP contribution in [0, 0.1) is 6.92 Å². The Morgan fingerprint density at radius 1 is 1.47 bits per heavy atom. The lowest BCUT2D eigenvalue weighted by atomic mass is 9.96. The number of ketones is 1. The first-order valence-corrected chi connectivity index (χ1v) is 6.07. The van der Waals surface area contributed by atoms with E-state index in [4.69, 9.17) is 10.3 Å². The predicted molar refractivity (Wildman–Crippen MR) is 68.1 cm³/mol. The molecule has 1 heterocycles. The normalized spacial score (nSPS) is 12.6. The quantitative estimate of drug-likeness (QED) is 0.271. The third-order valence-electron chi connectivity index (χ3n) is 3.39. The van der Waals surface area contributed by atoms with Gasteiger partial charge in [-0.05, 0) is 30.5 Å². The van der Waals surface area contributed by atoms with Crippen LogP contribution in [0.25, 0.3) is 5.53 Å². The molecule has 5 nitrogen and oxygen atoms in total. The molecule has 2 rings (SSSR count). The Morgan fingerprint density at radius 3 is 2.89 bits per heavy atom. The summed E-state index contributed by atoms with van der Waals surface area (Å²) in [4.78, 5) is 25.7. The average molecular weight is 258 g/mol. The molecule has 5 heteroatoms. The summed E-state index contributed by atoms with van der Waals surface area (Å²) in [5, 5.41) is 0. The average Bonchev–Trinajstić information content (AvgIpc) is 2.78. The number of nitrogens with zero attached hydrogens (tertiary/aromatic N) is 2. The summed E-state index contributed by atoms with van der Waals surface area (Å²) in [5.41, 5.74) is 11.5. The topological polar surface area (TPSA) is 79.8 Å². The molecular formula is C14H14N2O3. The number of aryl methyl sites for hydroxylation is 1. The second-order valence-corrected chi connectivity index (χ2v) is 4.59. The zero-order valence-electron chi connectivity index (χ0n) is 10.9. The van der Waals surface area contributed by atoms with Crippen molar-refractivity contribution in [3.63, 3.8) is 0 Å². The van der Waals surface area contributed by atoms with Crippen molar-refractivity contribution < 1.29 is 19.1 Å². The number of hydrogen-bond acceptors (Lipinski definition) is 3. The molecule has 0 unspecified atom stereocenters. The monoisotopic (exact) mass is 258 g/mol. The summed E-state index contributed by atoms with van der Waals surface area (Å²) in [6.07, 6.45) is 1.13. The van der Waals surface area contributed by atoms with Crippen molar-refractivity contribution in [2.24, 2.45) is 0 Å². The summed E-state index contributed by atoms with van der Waals surface area (Å²) in [5.74, 6) is 0.190. The number of carbonyl (C=O) groups is 2. The second kappa shape index (κ2) is 5.16. The molecule has 0 bridgehead atoms. The summed E-state index contributed by atoms with van der Waals surface area (Å²) in [6, 6.07) is 3.63. The smallest absolute Gasteiger partial charge is 0.331 e. The third kappa shape index (κ3) is 2.61. The second-order valence-electron chi connectivity index (χ2n) is 4.59. The minimum atomic E-state index is -0.241. The fourth-order valence-corrected chi connectivity index (χ4v) is 2.15. The molecule has 0 saturated carbocycles. The van der Waals surface area contributed by atoms with Gasteiger partial charge in [-0.25, -0.2) is 0 Å². The molecule has 0 radical (unpaired) electrons. The van der Waals surface area contributed by atoms with Crippen molar-refractivity contribution in [3.8, 4) is 5.75 Å². The molecule has 0 atom stereocenters. The molecule has 1 aromatic rings. The molecule has 0 amide bonds. The highest BCUT2D eigenvalue weighted by Crippen LogP contribution is 2.31. The van der Waals surface area contributed by atoms with Gasteiger partial charge in [-0.1, -0.05) is 6.07 Å². The van der Waals surface area contributed by atoms with Crippen LogP contribution in [-0.2, 0) is 22.4 Å². The lowest BCUT2D eigenvalue weighted by Gasteiger charge is -2.08. The molecule has 0 saturated heterocycles. The molecule has 0 spiro atoms. The lowest BCUT2D eigenvalue weighted by molar-refractivity contribution is -0.131. The molecular weight excluding hydrogens is 244 g/mol. The third-order valence-corrected chi connectivity index (χ3v) is 3.39. The van der Waals surface area contributed by atoms with Crippen molar-refractivity contribution in [3.05, 3.63) is 34.4 Å². The molecule has 0 fully saturated rings. The maximum absolute atomic E-state index is 11.6. The zero-order valence-corrected chi connectivity index (χ0v) is 10.9. The Balaban J connectivity index is 2.15. The highest BCUT2D eigenvalue weighted by atomic mass is 16.5. The van der Waals surface area contributed by atoms with Crippen molar-refractivity contribution in [2.75, 3.05) is 0 Å². The van der Waals surface area contributed by atoms with E-state index in [1.165, 1.54) is 6.92 Å². The SMILES string of the molecule is CC(=[N+]=[N-])C(=O)CCc1ccc2c(c1C)CC(=O)O2. The summed E-state index contributed by atoms with van der Waals surface area (Å²) in [6.45, 7) is 3.40. The number of Topliss-reactive ketones (excluding diaryl/α,β-unsaturated/α-hetero) is 1. The van der Waals surface area contributed by atoms with Crippen molar-refractivity contribution >= 4 is 17.5 Å². The van der Waals surface area contributed by atoms with Crippen LogP contribution in [0.1, 0.15) is 30.0 Å². The van der Waals surface area contributed by atoms with Crippen molar-refractivity contribution in [2.45, 2.75) is 33.1 Å². The molecule has 1 aromatic carbocycles. The molecule has 19 heavy (non-hydrogen) atoms. The van der Waals surface area contributed by atoms with Gasteiger partial charge in [0.1, 0.15) is 5.75 Å². The van der Waals surface area contributed by atoms with Crippen LogP contribution >= 0.6 is 0 Å². The number of ether oxygens (including phenoxy) is 1. The van der Waals surface area contributed by atoms with Crippen molar-refractivity contribution in [1.82, 2.24) is 0 Å². The van der Waals surface area contributed by atoms with Crippen LogP contribution in [0.2, 0.25) is 0 Å². The number of benzene rings is 1. The largest absolute Gasteiger partial charge is 0.426 e. The number of hydrogen-bond donors (Lipinski definition) is 0. The zero-order chi connectivity index (χ0) is 14.0. The Hall–Kier alpha value is -2.26. The molecule has 0 aromatic heterocycles. The fourth-order valence-electron chi connectivity index (χ4n) is 2.15. The first-order chi connectivity index (χ1) is 9.02. The highest BCUT2D eigenvalue weighted by molar-refractivity contribution is 6.36. The number of esters is 1. The summed E-state index contributed by atoms with van der Waals surface area (Å²) in [7, 11) is 0. The summed E-state index contributed by atoms with van der Waals surface area (Å²) >= 11 is 0. The van der Waals surface area contributed by atoms with Crippen molar-refractivity contribution in [1.29, 1.82) is 0 Å². The van der Waals surface area contributed by atoms with E-state index >= 15 is 0 Å². The Morgan fingerprint density at radius 2 is 2.21 bits per heavy atom. The predicted octanol–water partition coefficient (Wildman–Crippen LogP) is 1.65. The van der Waals surface area contributed by atoms with Gasteiger partial charge < -0.3 is 10.3 Å². The Labute approximate surface area is 110 Å². The first-order valence-electron chi connectivity index (χ1n) is 6.07. The highest BCUT2D eigenvalue weighted by Gasteiger charge is 2.23. The minimum Gasteiger partial charge on any atom is -0.426 e. The van der Waals surface area contributed by atoms with Gasteiger partial charge >= 0.3 is 11.7 Å². The minimum absolute atomic E-state index is 0.109. The first kappa shape index (κ1) is 13.2. The Kier molecular flexibility index (Phi) is 3.58. The molecule has 1 aliphatic heterocycles. The van der Waals surface area contributed by atoms with E-state index < -0.39 is 0 Å². The molecule has 1 aliphatic rings. The van der Waals surface area contributed by atoms with Gasteiger partial charge in [0.15, 0.2) is 0 Å². The van der Waals surface area contributed by atoms with Gasteiger partial charge in [0.25, 0.3) is 0 Å². The van der Waals surface area contributed by atoms with E-state index in [1.807, 2.05) is 13.0 Å². The van der Waals surface area contributed by atoms with E-state index in [1.54, 1.807) is 6.07 Å². The van der Waals surface area contributed by atoms with Crippen LogP contribution in [0.15, 0.2) is 12.1 Å². The molecule has 0 aliphatic carbocycles. The van der Waals surface area contributed by atoms with Crippen LogP contribution in [0.5, 0.6) is 5.75 Å². The van der Waals surface area contributed by atoms with Crippen LogP contribution < -0.4 is 4.74 Å². The maximum Gasteiger partial charge on any atom is 0.331 e. The standard InChI is InChI=1S/C14H14N2O3/c1-8-10(3-5-12(17)9(2)16-15)4-6-13-11(8)7-14(18)19-13/h4,6H,3,5,7H2,1-2H3. The fraction of sp³-hybridized carbons (Fsp3) is 0.357. The van der Waals surface area contributed by atoms with Gasteiger partial charge in [-0.3, -0.25) is 9.59 Å². The molecule has 0 N–H and O–H groups in total. The van der Waals surface area contributed by atoms with E-state index in [-0.39, 0.29) is 23.9 Å². The Bertz CT molecular complexity index is 613. The van der Waals surface area contributed by atoms with Gasteiger partial charge in [0, 0.05) is 18.9 Å². The van der Waals surface area contributed by atoms with Gasteiger partial charge in [0.2, 0.25) is 5.78 Å². The van der Waals surface area contributed by atoms with E-state index in [9.17, 15) is 9.59 Å². The van der Waals surface area contributed by atoms with Crippen LogP contribution in [-0.4, -0.2) is 22.3 Å². The van der Waals surface area contributed by atoms with E-state index in [0.29, 0.717) is 18.6 Å². The number of rotatable bonds is 4. The molecule has 98 valence electrons. The van der Waals surface area contributed by atoms with E-state index in [0.717, 1.165) is 16.7 Å². The number of fused-ring (bicyclic) bond motifs is 1.